The Morgan fingerprint density at radius 1 is 1.33 bits per heavy atom. The second kappa shape index (κ2) is 8.20. The van der Waals surface area contributed by atoms with Crippen LogP contribution in [0.1, 0.15) is 31.7 Å². The topological polar surface area (TPSA) is 39.1 Å². The number of halogens is 1. The summed E-state index contributed by atoms with van der Waals surface area (Å²) >= 11 is 3.58. The zero-order valence-electron chi connectivity index (χ0n) is 12.6. The van der Waals surface area contributed by atoms with E-state index in [-0.39, 0.29) is 0 Å². The molecule has 1 heterocycles. The highest BCUT2D eigenvalue weighted by Gasteiger charge is 2.06. The molecule has 0 spiro atoms. The van der Waals surface area contributed by atoms with Crippen LogP contribution in [-0.2, 0) is 19.7 Å². The molecule has 1 N–H and O–H groups in total. The van der Waals surface area contributed by atoms with Gasteiger partial charge in [0.2, 0.25) is 0 Å². The van der Waals surface area contributed by atoms with E-state index >= 15 is 0 Å². The van der Waals surface area contributed by atoms with Crippen LogP contribution in [0.5, 0.6) is 5.75 Å². The van der Waals surface area contributed by atoms with Crippen molar-refractivity contribution < 1.29 is 4.74 Å². The van der Waals surface area contributed by atoms with Gasteiger partial charge in [-0.15, -0.1) is 0 Å². The van der Waals surface area contributed by atoms with Gasteiger partial charge >= 0.3 is 0 Å². The first-order valence-corrected chi connectivity index (χ1v) is 8.15. The zero-order valence-corrected chi connectivity index (χ0v) is 14.2. The molecule has 2 aromatic rings. The first kappa shape index (κ1) is 16.0. The lowest BCUT2D eigenvalue weighted by atomic mass is 10.2. The lowest BCUT2D eigenvalue weighted by Crippen LogP contribution is -2.13. The molecule has 0 saturated carbocycles. The van der Waals surface area contributed by atoms with E-state index in [0.717, 1.165) is 42.1 Å². The maximum atomic E-state index is 5.85. The zero-order chi connectivity index (χ0) is 15.1. The van der Waals surface area contributed by atoms with Crippen molar-refractivity contribution in [2.45, 2.75) is 40.0 Å². The summed E-state index contributed by atoms with van der Waals surface area (Å²) in [4.78, 5) is 4.31. The first-order valence-electron chi connectivity index (χ1n) is 7.36. The molecule has 114 valence electrons. The van der Waals surface area contributed by atoms with Crippen LogP contribution in [-0.4, -0.2) is 16.1 Å². The van der Waals surface area contributed by atoms with Crippen molar-refractivity contribution in [2.24, 2.45) is 0 Å². The molecule has 0 aliphatic heterocycles. The Labute approximate surface area is 134 Å². The summed E-state index contributed by atoms with van der Waals surface area (Å²) in [5.41, 5.74) is 1.25. The summed E-state index contributed by atoms with van der Waals surface area (Å²) in [6.45, 7) is 7.57. The predicted molar refractivity (Wildman–Crippen MR) is 88.4 cm³/mol. The summed E-state index contributed by atoms with van der Waals surface area (Å²) in [6, 6.07) is 6.20. The molecule has 0 atom stereocenters. The van der Waals surface area contributed by atoms with Gasteiger partial charge in [0.05, 0.1) is 4.47 Å². The number of aromatic nitrogens is 2. The van der Waals surface area contributed by atoms with Gasteiger partial charge in [0.15, 0.2) is 0 Å². The quantitative estimate of drug-likeness (QED) is 0.736. The molecule has 0 unspecified atom stereocenters. The number of imidazole rings is 1. The van der Waals surface area contributed by atoms with Gasteiger partial charge in [0.1, 0.15) is 18.2 Å². The minimum absolute atomic E-state index is 0.479. The standard InChI is InChI=1S/C16H22BrN3O/c1-3-7-18-11-13-5-6-15(14(17)10-13)21-12-16-19-8-9-20(16)4-2/h5-6,8-10,18H,3-4,7,11-12H2,1-2H3. The Morgan fingerprint density at radius 2 is 2.19 bits per heavy atom. The van der Waals surface area contributed by atoms with Gasteiger partial charge in [0.25, 0.3) is 0 Å². The maximum absolute atomic E-state index is 5.85. The number of benzene rings is 1. The second-order valence-electron chi connectivity index (χ2n) is 4.86. The van der Waals surface area contributed by atoms with E-state index in [0.29, 0.717) is 6.61 Å². The van der Waals surface area contributed by atoms with Crippen LogP contribution in [0.2, 0.25) is 0 Å². The van der Waals surface area contributed by atoms with E-state index < -0.39 is 0 Å². The van der Waals surface area contributed by atoms with Crippen molar-refractivity contribution in [3.8, 4) is 5.75 Å². The summed E-state index contributed by atoms with van der Waals surface area (Å²) in [6.07, 6.45) is 4.92. The Hall–Kier alpha value is -1.33. The molecular formula is C16H22BrN3O. The fourth-order valence-corrected chi connectivity index (χ4v) is 2.63. The second-order valence-corrected chi connectivity index (χ2v) is 5.71. The summed E-state index contributed by atoms with van der Waals surface area (Å²) in [5, 5.41) is 3.39. The van der Waals surface area contributed by atoms with Crippen molar-refractivity contribution in [2.75, 3.05) is 6.54 Å². The Bertz CT molecular complexity index is 568. The van der Waals surface area contributed by atoms with Crippen molar-refractivity contribution in [1.82, 2.24) is 14.9 Å². The maximum Gasteiger partial charge on any atom is 0.146 e. The third-order valence-electron chi connectivity index (χ3n) is 3.25. The molecule has 0 saturated heterocycles. The SMILES string of the molecule is CCCNCc1ccc(OCc2nccn2CC)c(Br)c1. The highest BCUT2D eigenvalue weighted by Crippen LogP contribution is 2.26. The molecule has 0 amide bonds. The number of rotatable bonds is 8. The van der Waals surface area contributed by atoms with Gasteiger partial charge < -0.3 is 14.6 Å². The third kappa shape index (κ3) is 4.58. The van der Waals surface area contributed by atoms with E-state index in [1.165, 1.54) is 5.56 Å². The Kier molecular flexibility index (Phi) is 6.26. The third-order valence-corrected chi connectivity index (χ3v) is 3.87. The van der Waals surface area contributed by atoms with Crippen molar-refractivity contribution in [3.05, 3.63) is 46.5 Å². The highest BCUT2D eigenvalue weighted by atomic mass is 79.9. The van der Waals surface area contributed by atoms with E-state index in [1.54, 1.807) is 6.20 Å². The van der Waals surface area contributed by atoms with E-state index in [9.17, 15) is 0 Å². The van der Waals surface area contributed by atoms with Crippen LogP contribution in [0.25, 0.3) is 0 Å². The molecule has 5 heteroatoms. The number of nitrogens with zero attached hydrogens (tertiary/aromatic N) is 2. The monoisotopic (exact) mass is 351 g/mol. The van der Waals surface area contributed by atoms with E-state index in [1.807, 2.05) is 12.3 Å². The van der Waals surface area contributed by atoms with Gasteiger partial charge in [-0.3, -0.25) is 0 Å². The number of nitrogens with one attached hydrogen (secondary N) is 1. The van der Waals surface area contributed by atoms with Gasteiger partial charge in [-0.05, 0) is 53.5 Å². The minimum atomic E-state index is 0.479. The number of ether oxygens (including phenoxy) is 1. The van der Waals surface area contributed by atoms with Crippen molar-refractivity contribution in [3.63, 3.8) is 0 Å². The van der Waals surface area contributed by atoms with Gasteiger partial charge in [-0.1, -0.05) is 13.0 Å². The molecule has 1 aromatic heterocycles. The summed E-state index contributed by atoms with van der Waals surface area (Å²) < 4.78 is 8.91. The lowest BCUT2D eigenvalue weighted by molar-refractivity contribution is 0.288. The molecular weight excluding hydrogens is 330 g/mol. The number of aryl methyl sites for hydroxylation is 1. The van der Waals surface area contributed by atoms with Gasteiger partial charge in [0, 0.05) is 25.5 Å². The largest absolute Gasteiger partial charge is 0.485 e. The smallest absolute Gasteiger partial charge is 0.146 e. The number of hydrogen-bond donors (Lipinski definition) is 1. The van der Waals surface area contributed by atoms with Crippen LogP contribution in [0, 0.1) is 0 Å². The van der Waals surface area contributed by atoms with Crippen molar-refractivity contribution in [1.29, 1.82) is 0 Å². The molecule has 4 nitrogen and oxygen atoms in total. The Morgan fingerprint density at radius 3 is 2.90 bits per heavy atom. The molecule has 0 fully saturated rings. The van der Waals surface area contributed by atoms with Crippen LogP contribution in [0.3, 0.4) is 0 Å². The van der Waals surface area contributed by atoms with Gasteiger partial charge in [-0.25, -0.2) is 4.98 Å². The lowest BCUT2D eigenvalue weighted by Gasteiger charge is -2.11. The fourth-order valence-electron chi connectivity index (χ4n) is 2.09. The van der Waals surface area contributed by atoms with Crippen LogP contribution >= 0.6 is 15.9 Å². The van der Waals surface area contributed by atoms with E-state index in [4.69, 9.17) is 4.74 Å². The molecule has 2 rings (SSSR count). The normalized spacial score (nSPS) is 10.8. The minimum Gasteiger partial charge on any atom is -0.485 e. The summed E-state index contributed by atoms with van der Waals surface area (Å²) in [5.74, 6) is 1.79. The summed E-state index contributed by atoms with van der Waals surface area (Å²) in [7, 11) is 0. The predicted octanol–water partition coefficient (Wildman–Crippen LogP) is 3.74. The van der Waals surface area contributed by atoms with Crippen LogP contribution in [0.15, 0.2) is 35.1 Å². The Balaban J connectivity index is 1.94. The average molecular weight is 352 g/mol. The molecule has 0 aliphatic carbocycles. The molecule has 0 radical (unpaired) electrons. The van der Waals surface area contributed by atoms with E-state index in [2.05, 4.69) is 56.8 Å². The average Bonchev–Trinajstić information content (AvgIpc) is 2.94. The van der Waals surface area contributed by atoms with Crippen LogP contribution < -0.4 is 10.1 Å². The van der Waals surface area contributed by atoms with Gasteiger partial charge in [-0.2, -0.15) is 0 Å². The molecule has 21 heavy (non-hydrogen) atoms. The van der Waals surface area contributed by atoms with Crippen LogP contribution in [0.4, 0.5) is 0 Å². The highest BCUT2D eigenvalue weighted by molar-refractivity contribution is 9.10. The molecule has 0 bridgehead atoms. The fraction of sp³-hybridized carbons (Fsp3) is 0.438. The number of hydrogen-bond acceptors (Lipinski definition) is 3. The first-order chi connectivity index (χ1) is 10.2. The van der Waals surface area contributed by atoms with Crippen molar-refractivity contribution >= 4 is 15.9 Å². The molecule has 1 aromatic carbocycles. The molecule has 0 aliphatic rings.